The molecule has 0 saturated carbocycles. The number of hydrogen-bond acceptors (Lipinski definition) is 5. The standard InChI is InChI=1S/C11H10N2O4/c1-16-10(14)8-7-5-3-4-6-13(7)12-9(8)11(15)17-2/h3-6H,1-2H3. The first kappa shape index (κ1) is 11.1. The maximum absolute atomic E-state index is 11.6. The van der Waals surface area contributed by atoms with E-state index < -0.39 is 11.9 Å². The van der Waals surface area contributed by atoms with Gasteiger partial charge >= 0.3 is 11.9 Å². The Morgan fingerprint density at radius 3 is 2.53 bits per heavy atom. The summed E-state index contributed by atoms with van der Waals surface area (Å²) in [6.45, 7) is 0. The quantitative estimate of drug-likeness (QED) is 0.722. The molecule has 0 aliphatic rings. The molecular weight excluding hydrogens is 224 g/mol. The Hall–Kier alpha value is -2.37. The minimum absolute atomic E-state index is 0.0504. The average Bonchev–Trinajstić information content (AvgIpc) is 2.76. The fourth-order valence-electron chi connectivity index (χ4n) is 1.54. The number of carbonyl (C=O) groups is 2. The molecule has 0 aromatic carbocycles. The van der Waals surface area contributed by atoms with E-state index in [1.165, 1.54) is 18.7 Å². The van der Waals surface area contributed by atoms with Crippen LogP contribution in [0.4, 0.5) is 0 Å². The summed E-state index contributed by atoms with van der Waals surface area (Å²) >= 11 is 0. The van der Waals surface area contributed by atoms with E-state index in [1.54, 1.807) is 24.4 Å². The molecule has 0 N–H and O–H groups in total. The van der Waals surface area contributed by atoms with Gasteiger partial charge in [-0.05, 0) is 12.1 Å². The molecule has 2 aromatic heterocycles. The van der Waals surface area contributed by atoms with Crippen LogP contribution in [0.1, 0.15) is 20.8 Å². The number of methoxy groups -OCH3 is 2. The van der Waals surface area contributed by atoms with Crippen LogP contribution in [0, 0.1) is 0 Å². The van der Waals surface area contributed by atoms with Crippen LogP contribution in [0.3, 0.4) is 0 Å². The Morgan fingerprint density at radius 2 is 1.88 bits per heavy atom. The first-order valence-electron chi connectivity index (χ1n) is 4.83. The van der Waals surface area contributed by atoms with Gasteiger partial charge in [-0.25, -0.2) is 14.1 Å². The van der Waals surface area contributed by atoms with Crippen LogP contribution in [0.15, 0.2) is 24.4 Å². The van der Waals surface area contributed by atoms with Gasteiger partial charge in [0.1, 0.15) is 5.56 Å². The van der Waals surface area contributed by atoms with E-state index in [0.29, 0.717) is 5.52 Å². The summed E-state index contributed by atoms with van der Waals surface area (Å²) in [6.07, 6.45) is 1.63. The van der Waals surface area contributed by atoms with Crippen molar-refractivity contribution in [3.05, 3.63) is 35.7 Å². The van der Waals surface area contributed by atoms with E-state index in [1.807, 2.05) is 0 Å². The van der Waals surface area contributed by atoms with Crippen molar-refractivity contribution in [3.63, 3.8) is 0 Å². The van der Waals surface area contributed by atoms with Crippen molar-refractivity contribution < 1.29 is 19.1 Å². The summed E-state index contributed by atoms with van der Waals surface area (Å²) in [5, 5.41) is 3.99. The molecule has 6 heteroatoms. The van der Waals surface area contributed by atoms with Gasteiger partial charge in [0.15, 0.2) is 5.69 Å². The Morgan fingerprint density at radius 1 is 1.18 bits per heavy atom. The highest BCUT2D eigenvalue weighted by molar-refractivity contribution is 6.07. The monoisotopic (exact) mass is 234 g/mol. The molecule has 0 saturated heterocycles. The molecule has 0 atom stereocenters. The Kier molecular flexibility index (Phi) is 2.78. The molecule has 6 nitrogen and oxygen atoms in total. The molecule has 0 radical (unpaired) electrons. The molecule has 17 heavy (non-hydrogen) atoms. The second kappa shape index (κ2) is 4.25. The highest BCUT2D eigenvalue weighted by Gasteiger charge is 2.25. The number of carbonyl (C=O) groups excluding carboxylic acids is 2. The SMILES string of the molecule is COC(=O)c1nn2ccccc2c1C(=O)OC. The summed E-state index contributed by atoms with van der Waals surface area (Å²) in [5.41, 5.74) is 0.560. The lowest BCUT2D eigenvalue weighted by atomic mass is 10.2. The topological polar surface area (TPSA) is 69.9 Å². The zero-order valence-corrected chi connectivity index (χ0v) is 9.34. The number of esters is 2. The van der Waals surface area contributed by atoms with Crippen LogP contribution in [0.2, 0.25) is 0 Å². The second-order valence-electron chi connectivity index (χ2n) is 3.24. The number of nitrogens with zero attached hydrogens (tertiary/aromatic N) is 2. The molecule has 0 aliphatic heterocycles. The summed E-state index contributed by atoms with van der Waals surface area (Å²) in [5.74, 6) is -1.29. The number of aromatic nitrogens is 2. The third-order valence-electron chi connectivity index (χ3n) is 2.31. The average molecular weight is 234 g/mol. The van der Waals surface area contributed by atoms with E-state index >= 15 is 0 Å². The van der Waals surface area contributed by atoms with E-state index in [4.69, 9.17) is 0 Å². The highest BCUT2D eigenvalue weighted by atomic mass is 16.5. The molecule has 0 aliphatic carbocycles. The number of hydrogen-bond donors (Lipinski definition) is 0. The first-order valence-corrected chi connectivity index (χ1v) is 4.83. The van der Waals surface area contributed by atoms with Gasteiger partial charge in [-0.3, -0.25) is 0 Å². The predicted molar refractivity (Wildman–Crippen MR) is 57.9 cm³/mol. The normalized spacial score (nSPS) is 10.2. The Labute approximate surface area is 96.7 Å². The smallest absolute Gasteiger partial charge is 0.359 e. The third kappa shape index (κ3) is 1.73. The van der Waals surface area contributed by atoms with Gasteiger partial charge in [0.2, 0.25) is 0 Å². The van der Waals surface area contributed by atoms with Gasteiger partial charge in [0.05, 0.1) is 19.7 Å². The lowest BCUT2D eigenvalue weighted by molar-refractivity contribution is 0.0553. The van der Waals surface area contributed by atoms with Gasteiger partial charge in [0, 0.05) is 6.20 Å². The molecular formula is C11H10N2O4. The van der Waals surface area contributed by atoms with Crippen molar-refractivity contribution in [3.8, 4) is 0 Å². The maximum atomic E-state index is 11.6. The van der Waals surface area contributed by atoms with E-state index in [9.17, 15) is 9.59 Å². The molecule has 88 valence electrons. The van der Waals surface area contributed by atoms with Crippen LogP contribution >= 0.6 is 0 Å². The predicted octanol–water partition coefficient (Wildman–Crippen LogP) is 0.907. The lowest BCUT2D eigenvalue weighted by Gasteiger charge is -1.99. The molecule has 0 unspecified atom stereocenters. The highest BCUT2D eigenvalue weighted by Crippen LogP contribution is 2.17. The Bertz CT molecular complexity index is 588. The molecule has 0 amide bonds. The van der Waals surface area contributed by atoms with Gasteiger partial charge in [-0.1, -0.05) is 6.07 Å². The maximum Gasteiger partial charge on any atom is 0.359 e. The largest absolute Gasteiger partial charge is 0.465 e. The van der Waals surface area contributed by atoms with Gasteiger partial charge < -0.3 is 9.47 Å². The molecule has 2 heterocycles. The van der Waals surface area contributed by atoms with E-state index in [-0.39, 0.29) is 11.3 Å². The van der Waals surface area contributed by atoms with Crippen LogP contribution in [-0.4, -0.2) is 35.8 Å². The Balaban J connectivity index is 2.73. The molecule has 0 fully saturated rings. The molecule has 0 bridgehead atoms. The molecule has 2 rings (SSSR count). The van der Waals surface area contributed by atoms with Crippen LogP contribution < -0.4 is 0 Å². The third-order valence-corrected chi connectivity index (χ3v) is 2.31. The van der Waals surface area contributed by atoms with Crippen molar-refractivity contribution in [2.75, 3.05) is 14.2 Å². The van der Waals surface area contributed by atoms with Gasteiger partial charge in [-0.2, -0.15) is 5.10 Å². The summed E-state index contributed by atoms with van der Waals surface area (Å²) in [4.78, 5) is 23.2. The van der Waals surface area contributed by atoms with Crippen molar-refractivity contribution in [1.82, 2.24) is 9.61 Å². The van der Waals surface area contributed by atoms with E-state index in [2.05, 4.69) is 14.6 Å². The zero-order valence-electron chi connectivity index (χ0n) is 9.34. The summed E-state index contributed by atoms with van der Waals surface area (Å²) in [6, 6.07) is 5.15. The van der Waals surface area contributed by atoms with Gasteiger partial charge in [-0.15, -0.1) is 0 Å². The first-order chi connectivity index (χ1) is 8.19. The molecule has 2 aromatic rings. The zero-order chi connectivity index (χ0) is 12.4. The number of ether oxygens (including phenoxy) is 2. The van der Waals surface area contributed by atoms with Gasteiger partial charge in [0.25, 0.3) is 0 Å². The van der Waals surface area contributed by atoms with Crippen molar-refractivity contribution in [1.29, 1.82) is 0 Å². The summed E-state index contributed by atoms with van der Waals surface area (Å²) < 4.78 is 10.6. The minimum atomic E-state index is -0.672. The van der Waals surface area contributed by atoms with Crippen molar-refractivity contribution in [2.24, 2.45) is 0 Å². The number of pyridine rings is 1. The van der Waals surface area contributed by atoms with Crippen LogP contribution in [0.25, 0.3) is 5.52 Å². The fraction of sp³-hybridized carbons (Fsp3) is 0.182. The van der Waals surface area contributed by atoms with Crippen LogP contribution in [0.5, 0.6) is 0 Å². The fourth-order valence-corrected chi connectivity index (χ4v) is 1.54. The second-order valence-corrected chi connectivity index (χ2v) is 3.24. The van der Waals surface area contributed by atoms with Crippen molar-refractivity contribution >= 4 is 17.5 Å². The van der Waals surface area contributed by atoms with E-state index in [0.717, 1.165) is 0 Å². The summed E-state index contributed by atoms with van der Waals surface area (Å²) in [7, 11) is 2.48. The minimum Gasteiger partial charge on any atom is -0.465 e. The number of fused-ring (bicyclic) bond motifs is 1. The molecule has 0 spiro atoms. The number of rotatable bonds is 2. The lowest BCUT2D eigenvalue weighted by Crippen LogP contribution is -2.10. The van der Waals surface area contributed by atoms with Crippen molar-refractivity contribution in [2.45, 2.75) is 0 Å². The van der Waals surface area contributed by atoms with Crippen LogP contribution in [-0.2, 0) is 9.47 Å².